The summed E-state index contributed by atoms with van der Waals surface area (Å²) in [5, 5.41) is 11.6. The number of halogens is 1. The summed E-state index contributed by atoms with van der Waals surface area (Å²) in [6, 6.07) is -1.01. The van der Waals surface area contributed by atoms with Crippen LogP contribution in [0.4, 0.5) is 0 Å². The molecule has 0 aromatic carbocycles. The normalized spacial score (nSPS) is 16.1. The molecule has 0 aromatic heterocycles. The summed E-state index contributed by atoms with van der Waals surface area (Å²) >= 11 is 2.05. The summed E-state index contributed by atoms with van der Waals surface area (Å²) in [6.07, 6.45) is 0.901. The predicted molar refractivity (Wildman–Crippen MR) is 86.0 cm³/mol. The molecule has 0 rings (SSSR count). The van der Waals surface area contributed by atoms with Crippen LogP contribution in [0, 0.1) is 5.41 Å². The Morgan fingerprint density at radius 3 is 2.05 bits per heavy atom. The Bertz CT molecular complexity index is 385. The quantitative estimate of drug-likeness (QED) is 0.511. The molecular formula is C14H24INO4. The second kappa shape index (κ2) is 7.38. The van der Waals surface area contributed by atoms with Crippen molar-refractivity contribution in [3.63, 3.8) is 0 Å². The Morgan fingerprint density at radius 1 is 1.20 bits per heavy atom. The number of Topliss-reactive ketones (excluding diaryl/α,β-unsaturated/α-hetero) is 1. The van der Waals surface area contributed by atoms with Crippen molar-refractivity contribution in [1.82, 2.24) is 5.32 Å². The number of hydrogen-bond donors (Lipinski definition) is 2. The number of hydrogen-bond acceptors (Lipinski definition) is 3. The van der Waals surface area contributed by atoms with Crippen LogP contribution in [0.5, 0.6) is 0 Å². The van der Waals surface area contributed by atoms with Crippen LogP contribution in [0.15, 0.2) is 0 Å². The molecule has 0 aliphatic rings. The molecule has 116 valence electrons. The summed E-state index contributed by atoms with van der Waals surface area (Å²) in [6.45, 7) is 9.28. The minimum absolute atomic E-state index is 0.0363. The number of amides is 1. The zero-order valence-corrected chi connectivity index (χ0v) is 14.9. The lowest BCUT2D eigenvalue weighted by Crippen LogP contribution is -2.49. The number of aliphatic carboxylic acids is 1. The van der Waals surface area contributed by atoms with E-state index in [0.29, 0.717) is 6.42 Å². The molecular weight excluding hydrogens is 373 g/mol. The van der Waals surface area contributed by atoms with Gasteiger partial charge in [-0.15, -0.1) is 0 Å². The van der Waals surface area contributed by atoms with Gasteiger partial charge in [-0.1, -0.05) is 43.4 Å². The third-order valence-electron chi connectivity index (χ3n) is 2.72. The molecule has 1 amide bonds. The van der Waals surface area contributed by atoms with Gasteiger partial charge in [0.05, 0.1) is 3.42 Å². The molecule has 5 nitrogen and oxygen atoms in total. The summed E-state index contributed by atoms with van der Waals surface area (Å²) in [5.41, 5.74) is -0.0363. The number of carbonyl (C=O) groups excluding carboxylic acids is 2. The molecule has 0 bridgehead atoms. The molecule has 0 aromatic rings. The van der Waals surface area contributed by atoms with E-state index in [4.69, 9.17) is 5.11 Å². The Labute approximate surface area is 134 Å². The van der Waals surface area contributed by atoms with Crippen molar-refractivity contribution in [2.75, 3.05) is 0 Å². The van der Waals surface area contributed by atoms with E-state index in [-0.39, 0.29) is 29.9 Å². The van der Waals surface area contributed by atoms with E-state index >= 15 is 0 Å². The molecule has 0 aliphatic carbocycles. The SMILES string of the molecule is CC(=O)CC[C@H](NC(=O)C(C)(I)CC(C)(C)C)C(=O)O. The van der Waals surface area contributed by atoms with E-state index in [2.05, 4.69) is 27.9 Å². The number of carboxylic acids is 1. The van der Waals surface area contributed by atoms with Gasteiger partial charge in [-0.3, -0.25) is 4.79 Å². The lowest BCUT2D eigenvalue weighted by molar-refractivity contribution is -0.142. The van der Waals surface area contributed by atoms with Gasteiger partial charge in [-0.2, -0.15) is 0 Å². The first-order valence-corrected chi connectivity index (χ1v) is 7.65. The number of ketones is 1. The van der Waals surface area contributed by atoms with Crippen molar-refractivity contribution in [2.45, 2.75) is 63.3 Å². The van der Waals surface area contributed by atoms with Crippen molar-refractivity contribution in [1.29, 1.82) is 0 Å². The van der Waals surface area contributed by atoms with Crippen LogP contribution in [0.25, 0.3) is 0 Å². The largest absolute Gasteiger partial charge is 0.480 e. The molecule has 0 saturated heterocycles. The van der Waals surface area contributed by atoms with Crippen LogP contribution in [0.3, 0.4) is 0 Å². The van der Waals surface area contributed by atoms with Gasteiger partial charge in [0.1, 0.15) is 11.8 Å². The van der Waals surface area contributed by atoms with Gasteiger partial charge in [0, 0.05) is 6.42 Å². The molecule has 6 heteroatoms. The van der Waals surface area contributed by atoms with Crippen molar-refractivity contribution >= 4 is 40.3 Å². The molecule has 2 N–H and O–H groups in total. The maximum atomic E-state index is 12.2. The average Bonchev–Trinajstić information content (AvgIpc) is 2.19. The van der Waals surface area contributed by atoms with E-state index in [0.717, 1.165) is 0 Å². The van der Waals surface area contributed by atoms with Crippen LogP contribution in [-0.2, 0) is 14.4 Å². The zero-order chi connectivity index (χ0) is 16.1. The van der Waals surface area contributed by atoms with Crippen molar-refractivity contribution in [2.24, 2.45) is 5.41 Å². The predicted octanol–water partition coefficient (Wildman–Crippen LogP) is 2.55. The van der Waals surface area contributed by atoms with E-state index in [9.17, 15) is 14.4 Å². The standard InChI is InChI=1S/C14H24INO4/c1-9(17)6-7-10(11(18)19)16-12(20)14(5,15)8-13(2,3)4/h10H,6-8H2,1-5H3,(H,16,20)(H,18,19)/t10-,14?/m0/s1. The van der Waals surface area contributed by atoms with E-state index < -0.39 is 15.4 Å². The first kappa shape index (κ1) is 19.3. The molecule has 1 unspecified atom stereocenters. The van der Waals surface area contributed by atoms with Crippen molar-refractivity contribution in [3.05, 3.63) is 0 Å². The Morgan fingerprint density at radius 2 is 1.70 bits per heavy atom. The maximum Gasteiger partial charge on any atom is 0.326 e. The second-order valence-corrected chi connectivity index (χ2v) is 8.92. The Kier molecular flexibility index (Phi) is 7.13. The molecule has 0 spiro atoms. The van der Waals surface area contributed by atoms with Gasteiger partial charge in [0.25, 0.3) is 0 Å². The van der Waals surface area contributed by atoms with Gasteiger partial charge in [-0.05, 0) is 32.1 Å². The van der Waals surface area contributed by atoms with Crippen molar-refractivity contribution in [3.8, 4) is 0 Å². The van der Waals surface area contributed by atoms with Crippen LogP contribution < -0.4 is 5.32 Å². The molecule has 0 aliphatic heterocycles. The summed E-state index contributed by atoms with van der Waals surface area (Å²) in [4.78, 5) is 34.3. The highest BCUT2D eigenvalue weighted by Gasteiger charge is 2.36. The molecule has 0 heterocycles. The van der Waals surface area contributed by atoms with Crippen LogP contribution in [0.2, 0.25) is 0 Å². The maximum absolute atomic E-state index is 12.2. The minimum Gasteiger partial charge on any atom is -0.480 e. The van der Waals surface area contributed by atoms with E-state index in [1.807, 2.05) is 20.8 Å². The van der Waals surface area contributed by atoms with Gasteiger partial charge >= 0.3 is 5.97 Å². The fourth-order valence-electron chi connectivity index (χ4n) is 1.99. The summed E-state index contributed by atoms with van der Waals surface area (Å²) in [7, 11) is 0. The number of rotatable bonds is 7. The first-order valence-electron chi connectivity index (χ1n) is 6.57. The second-order valence-electron chi connectivity index (χ2n) is 6.54. The number of nitrogens with one attached hydrogen (secondary N) is 1. The highest BCUT2D eigenvalue weighted by molar-refractivity contribution is 14.1. The van der Waals surface area contributed by atoms with Gasteiger partial charge in [0.15, 0.2) is 0 Å². The molecule has 0 fully saturated rings. The van der Waals surface area contributed by atoms with E-state index in [1.165, 1.54) is 6.92 Å². The highest BCUT2D eigenvalue weighted by Crippen LogP contribution is 2.34. The van der Waals surface area contributed by atoms with Gasteiger partial charge in [0.2, 0.25) is 5.91 Å². The molecule has 0 saturated carbocycles. The van der Waals surface area contributed by atoms with Crippen LogP contribution >= 0.6 is 22.6 Å². The number of carbonyl (C=O) groups is 3. The fourth-order valence-corrected chi connectivity index (χ4v) is 3.29. The smallest absolute Gasteiger partial charge is 0.326 e. The summed E-state index contributed by atoms with van der Waals surface area (Å²) < 4.78 is -0.681. The molecule has 20 heavy (non-hydrogen) atoms. The first-order chi connectivity index (χ1) is 8.85. The number of carboxylic acid groups (broad SMARTS) is 1. The lowest BCUT2D eigenvalue weighted by Gasteiger charge is -2.30. The summed E-state index contributed by atoms with van der Waals surface area (Å²) in [5.74, 6) is -1.50. The van der Waals surface area contributed by atoms with Crippen LogP contribution in [-0.4, -0.2) is 32.2 Å². The van der Waals surface area contributed by atoms with Crippen LogP contribution in [0.1, 0.15) is 53.9 Å². The number of alkyl halides is 1. The van der Waals surface area contributed by atoms with E-state index in [1.54, 1.807) is 6.92 Å². The zero-order valence-electron chi connectivity index (χ0n) is 12.7. The molecule has 2 atom stereocenters. The van der Waals surface area contributed by atoms with Gasteiger partial charge in [-0.25, -0.2) is 4.79 Å². The fraction of sp³-hybridized carbons (Fsp3) is 0.786. The lowest BCUT2D eigenvalue weighted by atomic mass is 9.85. The Balaban J connectivity index is 4.74. The third-order valence-corrected chi connectivity index (χ3v) is 3.60. The van der Waals surface area contributed by atoms with Gasteiger partial charge < -0.3 is 15.2 Å². The Hall–Kier alpha value is -0.660. The monoisotopic (exact) mass is 397 g/mol. The highest BCUT2D eigenvalue weighted by atomic mass is 127. The topological polar surface area (TPSA) is 83.5 Å². The average molecular weight is 397 g/mol. The third kappa shape index (κ3) is 7.81. The minimum atomic E-state index is -1.11. The molecule has 0 radical (unpaired) electrons. The van der Waals surface area contributed by atoms with Crippen molar-refractivity contribution < 1.29 is 19.5 Å².